The van der Waals surface area contributed by atoms with E-state index in [1.165, 1.54) is 25.0 Å². The maximum atomic E-state index is 13.7. The molecule has 1 aromatic heterocycles. The van der Waals surface area contributed by atoms with E-state index < -0.39 is 5.60 Å². The molecule has 6 heteroatoms. The molecule has 0 bridgehead atoms. The molecule has 0 aliphatic heterocycles. The molecule has 4 saturated carbocycles. The number of benzene rings is 1. The molecule has 4 aliphatic carbocycles. The lowest BCUT2D eigenvalue weighted by atomic mass is 9.43. The van der Waals surface area contributed by atoms with E-state index in [0.717, 1.165) is 62.5 Å². The van der Waals surface area contributed by atoms with Gasteiger partial charge in [-0.05, 0) is 117 Å². The summed E-state index contributed by atoms with van der Waals surface area (Å²) in [6.45, 7) is 5.47. The van der Waals surface area contributed by atoms with Crippen LogP contribution in [0.3, 0.4) is 0 Å². The lowest BCUT2D eigenvalue weighted by Gasteiger charge is -2.62. The standard InChI is InChI=1S/C30H41FN2O3/c1-28(35)12-13-30(18-36-3)20(15-28)4-6-22-23-7-8-25(29(23,2)11-10-24(22)30)27(34)17-33-16-19-14-21(31)5-9-26(19)32-33/h5,9,14,16,20,22-25,35H,4,6-8,10-13,15,17-18H2,1-3H3/t20-,22-,23-,24-,25+,28+,29-,30+/m0/s1. The number of rotatable bonds is 5. The number of ether oxygens (including phenoxy) is 1. The Morgan fingerprint density at radius 3 is 2.78 bits per heavy atom. The monoisotopic (exact) mass is 496 g/mol. The molecule has 36 heavy (non-hydrogen) atoms. The number of hydrogen-bond donors (Lipinski definition) is 1. The predicted molar refractivity (Wildman–Crippen MR) is 137 cm³/mol. The number of halogens is 1. The Hall–Kier alpha value is -1.79. The van der Waals surface area contributed by atoms with Gasteiger partial charge in [-0.3, -0.25) is 9.48 Å². The molecule has 4 fully saturated rings. The van der Waals surface area contributed by atoms with E-state index in [1.807, 2.05) is 14.0 Å². The summed E-state index contributed by atoms with van der Waals surface area (Å²) in [5.41, 5.74) is 0.393. The Morgan fingerprint density at radius 1 is 1.14 bits per heavy atom. The first-order chi connectivity index (χ1) is 17.1. The van der Waals surface area contributed by atoms with Gasteiger partial charge in [-0.25, -0.2) is 4.39 Å². The average Bonchev–Trinajstić information content (AvgIpc) is 3.38. The van der Waals surface area contributed by atoms with E-state index in [9.17, 15) is 14.3 Å². The van der Waals surface area contributed by atoms with E-state index in [-0.39, 0.29) is 34.9 Å². The minimum atomic E-state index is -0.550. The van der Waals surface area contributed by atoms with Crippen LogP contribution in [0.1, 0.15) is 71.6 Å². The SMILES string of the molecule is COC[C@]12CC[C@@](C)(O)C[C@@H]1CC[C@H]1[C@@H]3CC[C@H](C(=O)Cn4cc5cc(F)ccc5n4)[C@@]3(C)CC[C@@H]12. The first-order valence-corrected chi connectivity index (χ1v) is 14.0. The van der Waals surface area contributed by atoms with Gasteiger partial charge >= 0.3 is 0 Å². The van der Waals surface area contributed by atoms with Crippen LogP contribution in [0.5, 0.6) is 0 Å². The van der Waals surface area contributed by atoms with E-state index in [0.29, 0.717) is 23.7 Å². The van der Waals surface area contributed by atoms with Crippen LogP contribution < -0.4 is 0 Å². The maximum absolute atomic E-state index is 13.7. The van der Waals surface area contributed by atoms with Crippen molar-refractivity contribution in [1.82, 2.24) is 9.78 Å². The summed E-state index contributed by atoms with van der Waals surface area (Å²) in [6, 6.07) is 4.58. The van der Waals surface area contributed by atoms with Gasteiger partial charge in [-0.1, -0.05) is 6.92 Å². The molecule has 1 heterocycles. The van der Waals surface area contributed by atoms with Crippen LogP contribution >= 0.6 is 0 Å². The summed E-state index contributed by atoms with van der Waals surface area (Å²) in [6.07, 6.45) is 11.3. The summed E-state index contributed by atoms with van der Waals surface area (Å²) in [4.78, 5) is 13.7. The van der Waals surface area contributed by atoms with Gasteiger partial charge in [0.25, 0.3) is 0 Å². The van der Waals surface area contributed by atoms with E-state index >= 15 is 0 Å². The number of hydrogen-bond acceptors (Lipinski definition) is 4. The average molecular weight is 497 g/mol. The number of Topliss-reactive ketones (excluding diaryl/α,β-unsaturated/α-hetero) is 1. The summed E-state index contributed by atoms with van der Waals surface area (Å²) in [5.74, 6) is 2.45. The van der Waals surface area contributed by atoms with Crippen molar-refractivity contribution in [1.29, 1.82) is 0 Å². The molecular weight excluding hydrogens is 455 g/mol. The van der Waals surface area contributed by atoms with Crippen LogP contribution in [0.4, 0.5) is 4.39 Å². The van der Waals surface area contributed by atoms with Gasteiger partial charge < -0.3 is 9.84 Å². The normalized spacial score (nSPS) is 42.1. The Labute approximate surface area is 213 Å². The molecule has 0 saturated heterocycles. The van der Waals surface area contributed by atoms with Crippen molar-refractivity contribution < 1.29 is 19.0 Å². The molecule has 6 rings (SSSR count). The number of aliphatic hydroxyl groups is 1. The van der Waals surface area contributed by atoms with Crippen LogP contribution in [-0.4, -0.2) is 40.0 Å². The number of carbonyl (C=O) groups excluding carboxylic acids is 1. The minimum Gasteiger partial charge on any atom is -0.390 e. The topological polar surface area (TPSA) is 64.3 Å². The van der Waals surface area contributed by atoms with Crippen LogP contribution in [-0.2, 0) is 16.1 Å². The smallest absolute Gasteiger partial charge is 0.157 e. The van der Waals surface area contributed by atoms with Crippen molar-refractivity contribution in [3.05, 3.63) is 30.2 Å². The first-order valence-electron chi connectivity index (χ1n) is 14.0. The summed E-state index contributed by atoms with van der Waals surface area (Å²) in [7, 11) is 1.84. The Kier molecular flexibility index (Phi) is 5.88. The molecule has 8 atom stereocenters. The van der Waals surface area contributed by atoms with Crippen LogP contribution in [0, 0.1) is 46.2 Å². The van der Waals surface area contributed by atoms with Crippen molar-refractivity contribution in [2.75, 3.05) is 13.7 Å². The number of aromatic nitrogens is 2. The molecule has 0 spiro atoms. The second kappa shape index (κ2) is 8.62. The highest BCUT2D eigenvalue weighted by atomic mass is 19.1. The third-order valence-corrected chi connectivity index (χ3v) is 11.3. The van der Waals surface area contributed by atoms with Crippen LogP contribution in [0.2, 0.25) is 0 Å². The van der Waals surface area contributed by atoms with Gasteiger partial charge in [0.2, 0.25) is 0 Å². The zero-order valence-electron chi connectivity index (χ0n) is 22.0. The zero-order chi connectivity index (χ0) is 25.3. The molecule has 0 amide bonds. The molecule has 0 unspecified atom stereocenters. The van der Waals surface area contributed by atoms with Gasteiger partial charge in [0.1, 0.15) is 5.82 Å². The third kappa shape index (κ3) is 3.77. The maximum Gasteiger partial charge on any atom is 0.157 e. The van der Waals surface area contributed by atoms with E-state index in [2.05, 4.69) is 12.0 Å². The number of nitrogens with zero attached hydrogens (tertiary/aromatic N) is 2. The lowest BCUT2D eigenvalue weighted by Crippen LogP contribution is -2.58. The minimum absolute atomic E-state index is 0.0399. The first kappa shape index (κ1) is 24.5. The zero-order valence-corrected chi connectivity index (χ0v) is 22.0. The fourth-order valence-electron chi connectivity index (χ4n) is 9.71. The predicted octanol–water partition coefficient (Wildman–Crippen LogP) is 5.78. The molecule has 4 aliphatic rings. The fraction of sp³-hybridized carbons (Fsp3) is 0.733. The Balaban J connectivity index is 1.22. The summed E-state index contributed by atoms with van der Waals surface area (Å²) >= 11 is 0. The largest absolute Gasteiger partial charge is 0.390 e. The van der Waals surface area contributed by atoms with E-state index in [1.54, 1.807) is 16.9 Å². The van der Waals surface area contributed by atoms with Crippen molar-refractivity contribution in [2.24, 2.45) is 40.4 Å². The fourth-order valence-corrected chi connectivity index (χ4v) is 9.71. The second-order valence-corrected chi connectivity index (χ2v) is 13.2. The summed E-state index contributed by atoms with van der Waals surface area (Å²) < 4.78 is 21.2. The number of fused-ring (bicyclic) bond motifs is 6. The summed E-state index contributed by atoms with van der Waals surface area (Å²) in [5, 5.41) is 16.1. The van der Waals surface area contributed by atoms with Crippen LogP contribution in [0.15, 0.2) is 24.4 Å². The third-order valence-electron chi connectivity index (χ3n) is 11.3. The molecular formula is C30H41FN2O3. The molecule has 196 valence electrons. The second-order valence-electron chi connectivity index (χ2n) is 13.2. The van der Waals surface area contributed by atoms with Gasteiger partial charge in [0.05, 0.1) is 24.3 Å². The Bertz CT molecular complexity index is 1160. The molecule has 0 radical (unpaired) electrons. The lowest BCUT2D eigenvalue weighted by molar-refractivity contribution is -0.175. The highest BCUT2D eigenvalue weighted by Gasteiger charge is 2.63. The highest BCUT2D eigenvalue weighted by Crippen LogP contribution is 2.68. The molecule has 1 N–H and O–H groups in total. The van der Waals surface area contributed by atoms with Crippen molar-refractivity contribution in [3.8, 4) is 0 Å². The molecule has 1 aromatic carbocycles. The molecule has 2 aromatic rings. The molecule has 5 nitrogen and oxygen atoms in total. The number of carbonyl (C=O) groups is 1. The quantitative estimate of drug-likeness (QED) is 0.570. The number of ketones is 1. The number of methoxy groups -OCH3 is 1. The Morgan fingerprint density at radius 2 is 1.97 bits per heavy atom. The van der Waals surface area contributed by atoms with Crippen molar-refractivity contribution in [3.63, 3.8) is 0 Å². The van der Waals surface area contributed by atoms with Gasteiger partial charge in [-0.2, -0.15) is 5.10 Å². The van der Waals surface area contributed by atoms with Gasteiger partial charge in [-0.15, -0.1) is 0 Å². The van der Waals surface area contributed by atoms with E-state index in [4.69, 9.17) is 4.74 Å². The van der Waals surface area contributed by atoms with Gasteiger partial charge in [0.15, 0.2) is 5.78 Å². The van der Waals surface area contributed by atoms with Crippen molar-refractivity contribution in [2.45, 2.75) is 83.8 Å². The van der Waals surface area contributed by atoms with Gasteiger partial charge in [0, 0.05) is 24.6 Å². The highest BCUT2D eigenvalue weighted by molar-refractivity contribution is 5.83. The van der Waals surface area contributed by atoms with Crippen molar-refractivity contribution >= 4 is 16.7 Å². The van der Waals surface area contributed by atoms with Crippen LogP contribution in [0.25, 0.3) is 10.9 Å².